The zero-order valence-electron chi connectivity index (χ0n) is 17.9. The van der Waals surface area contributed by atoms with E-state index < -0.39 is 17.5 Å². The lowest BCUT2D eigenvalue weighted by atomic mass is 9.97. The normalized spacial score (nSPS) is 12.8. The Morgan fingerprint density at radius 3 is 2.67 bits per heavy atom. The molecule has 4 aromatic rings. The smallest absolute Gasteiger partial charge is 0.360 e. The first kappa shape index (κ1) is 22.4. The number of ketones is 2. The summed E-state index contributed by atoms with van der Waals surface area (Å²) in [6, 6.07) is 10.7. The number of carbonyl (C=O) groups excluding carboxylic acids is 2. The largest absolute Gasteiger partial charge is 0.416 e. The molecule has 0 bridgehead atoms. The first-order valence-electron chi connectivity index (χ1n) is 10.3. The van der Waals surface area contributed by atoms with Crippen molar-refractivity contribution >= 4 is 17.1 Å². The molecule has 3 heterocycles. The lowest BCUT2D eigenvalue weighted by molar-refractivity contribution is -0.138. The Labute approximate surface area is 187 Å². The van der Waals surface area contributed by atoms with E-state index >= 15 is 0 Å². The quantitative estimate of drug-likeness (QED) is 0.346. The van der Waals surface area contributed by atoms with Crippen LogP contribution in [0.3, 0.4) is 0 Å². The van der Waals surface area contributed by atoms with E-state index in [4.69, 9.17) is 4.52 Å². The number of Topliss-reactive ketones (excluding diaryl/α,β-unsaturated/α-hetero) is 2. The van der Waals surface area contributed by atoms with Crippen LogP contribution in [0.1, 0.15) is 62.6 Å². The summed E-state index contributed by atoms with van der Waals surface area (Å²) in [6.07, 6.45) is -1.36. The minimum absolute atomic E-state index is 0.00872. The van der Waals surface area contributed by atoms with Crippen molar-refractivity contribution in [3.8, 4) is 0 Å². The third-order valence-electron chi connectivity index (χ3n) is 5.49. The molecule has 0 amide bonds. The molecule has 1 aromatic carbocycles. The maximum Gasteiger partial charge on any atom is 0.416 e. The molecule has 4 rings (SSSR count). The summed E-state index contributed by atoms with van der Waals surface area (Å²) in [5.41, 5.74) is 0.742. The molecule has 33 heavy (non-hydrogen) atoms. The number of carbonyl (C=O) groups is 2. The first-order chi connectivity index (χ1) is 15.6. The number of benzene rings is 1. The third kappa shape index (κ3) is 4.72. The zero-order chi connectivity index (χ0) is 23.8. The van der Waals surface area contributed by atoms with Gasteiger partial charge < -0.3 is 4.52 Å². The van der Waals surface area contributed by atoms with Gasteiger partial charge in [0.25, 0.3) is 0 Å². The summed E-state index contributed by atoms with van der Waals surface area (Å²) in [4.78, 5) is 25.3. The Balaban J connectivity index is 1.45. The van der Waals surface area contributed by atoms with Gasteiger partial charge in [-0.3, -0.25) is 9.59 Å². The van der Waals surface area contributed by atoms with Crippen LogP contribution in [0.2, 0.25) is 0 Å². The monoisotopic (exact) mass is 455 g/mol. The van der Waals surface area contributed by atoms with Gasteiger partial charge in [0.15, 0.2) is 11.6 Å². The van der Waals surface area contributed by atoms with Gasteiger partial charge in [0.05, 0.1) is 22.8 Å². The summed E-state index contributed by atoms with van der Waals surface area (Å²) in [5.74, 6) is -0.611. The lowest BCUT2D eigenvalue weighted by Crippen LogP contribution is -2.10. The van der Waals surface area contributed by atoms with Crippen LogP contribution in [-0.4, -0.2) is 26.3 Å². The molecule has 0 unspecified atom stereocenters. The van der Waals surface area contributed by atoms with Gasteiger partial charge >= 0.3 is 6.18 Å². The third-order valence-corrected chi connectivity index (χ3v) is 5.49. The van der Waals surface area contributed by atoms with E-state index in [9.17, 15) is 22.8 Å². The molecule has 0 aliphatic rings. The van der Waals surface area contributed by atoms with E-state index in [0.29, 0.717) is 16.8 Å². The van der Waals surface area contributed by atoms with Crippen molar-refractivity contribution < 1.29 is 27.3 Å². The standard InChI is InChI=1S/C24H20F3N3O3/c1-14-6-7-16(10-18(14)24(25,26)27)11-22(32)19-12-23(33-29-19)15(2)9-21(31)17-13-28-30-8-4-3-5-20(17)30/h3-8,10,12-13,15H,9,11H2,1-2H3/t15-/m1/s1. The Morgan fingerprint density at radius 2 is 1.91 bits per heavy atom. The number of rotatable bonds is 7. The highest BCUT2D eigenvalue weighted by Gasteiger charge is 2.32. The fourth-order valence-electron chi connectivity index (χ4n) is 3.65. The van der Waals surface area contributed by atoms with Crippen LogP contribution >= 0.6 is 0 Å². The maximum atomic E-state index is 13.1. The zero-order valence-corrected chi connectivity index (χ0v) is 17.9. The average Bonchev–Trinajstić information content (AvgIpc) is 3.42. The molecule has 1 atom stereocenters. The highest BCUT2D eigenvalue weighted by Crippen LogP contribution is 2.32. The van der Waals surface area contributed by atoms with Crippen molar-refractivity contribution in [2.24, 2.45) is 0 Å². The molecule has 0 saturated carbocycles. The predicted octanol–water partition coefficient (Wildman–Crippen LogP) is 5.45. The van der Waals surface area contributed by atoms with E-state index in [0.717, 1.165) is 6.07 Å². The van der Waals surface area contributed by atoms with Crippen LogP contribution < -0.4 is 0 Å². The SMILES string of the molecule is Cc1ccc(CC(=O)c2cc([C@H](C)CC(=O)c3cnn4ccccc34)on2)cc1C(F)(F)F. The fourth-order valence-corrected chi connectivity index (χ4v) is 3.65. The van der Waals surface area contributed by atoms with Crippen LogP contribution in [-0.2, 0) is 12.6 Å². The molecule has 0 radical (unpaired) electrons. The van der Waals surface area contributed by atoms with E-state index in [1.807, 2.05) is 12.1 Å². The summed E-state index contributed by atoms with van der Waals surface area (Å²) >= 11 is 0. The van der Waals surface area contributed by atoms with E-state index in [1.54, 1.807) is 23.7 Å². The van der Waals surface area contributed by atoms with Gasteiger partial charge in [-0.2, -0.15) is 18.3 Å². The summed E-state index contributed by atoms with van der Waals surface area (Å²) in [6.45, 7) is 3.14. The minimum Gasteiger partial charge on any atom is -0.360 e. The molecule has 3 aromatic heterocycles. The van der Waals surface area contributed by atoms with Gasteiger partial charge in [-0.15, -0.1) is 0 Å². The number of hydrogen-bond acceptors (Lipinski definition) is 5. The summed E-state index contributed by atoms with van der Waals surface area (Å²) < 4.78 is 46.3. The maximum absolute atomic E-state index is 13.1. The fraction of sp³-hybridized carbons (Fsp3) is 0.250. The summed E-state index contributed by atoms with van der Waals surface area (Å²) in [7, 11) is 0. The van der Waals surface area contributed by atoms with Crippen molar-refractivity contribution in [1.29, 1.82) is 0 Å². The van der Waals surface area contributed by atoms with Crippen molar-refractivity contribution in [3.05, 3.63) is 88.6 Å². The van der Waals surface area contributed by atoms with Crippen molar-refractivity contribution in [1.82, 2.24) is 14.8 Å². The molecule has 6 nitrogen and oxygen atoms in total. The Hall–Kier alpha value is -3.75. The number of aryl methyl sites for hydroxylation is 1. The molecule has 0 aliphatic heterocycles. The average molecular weight is 455 g/mol. The number of alkyl halides is 3. The second-order valence-electron chi connectivity index (χ2n) is 7.98. The van der Waals surface area contributed by atoms with Crippen LogP contribution in [0.5, 0.6) is 0 Å². The van der Waals surface area contributed by atoms with Crippen LogP contribution in [0.25, 0.3) is 5.52 Å². The highest BCUT2D eigenvalue weighted by molar-refractivity contribution is 6.02. The summed E-state index contributed by atoms with van der Waals surface area (Å²) in [5, 5.41) is 7.93. The number of fused-ring (bicyclic) bond motifs is 1. The number of nitrogens with zero attached hydrogens (tertiary/aromatic N) is 3. The molecule has 0 fully saturated rings. The minimum atomic E-state index is -4.49. The van der Waals surface area contributed by atoms with E-state index in [2.05, 4.69) is 10.3 Å². The van der Waals surface area contributed by atoms with Gasteiger partial charge in [0.1, 0.15) is 11.5 Å². The molecule has 0 aliphatic carbocycles. The van der Waals surface area contributed by atoms with Gasteiger partial charge in [0.2, 0.25) is 0 Å². The number of hydrogen-bond donors (Lipinski definition) is 0. The number of pyridine rings is 1. The molecule has 9 heteroatoms. The molecule has 0 N–H and O–H groups in total. The molecular formula is C24H20F3N3O3. The molecular weight excluding hydrogens is 435 g/mol. The number of halogens is 3. The van der Waals surface area contributed by atoms with Gasteiger partial charge in [-0.25, -0.2) is 4.52 Å². The van der Waals surface area contributed by atoms with Gasteiger partial charge in [-0.05, 0) is 36.2 Å². The number of aromatic nitrogens is 3. The second kappa shape index (κ2) is 8.65. The van der Waals surface area contributed by atoms with Crippen LogP contribution in [0, 0.1) is 6.92 Å². The predicted molar refractivity (Wildman–Crippen MR) is 113 cm³/mol. The molecule has 170 valence electrons. The topological polar surface area (TPSA) is 77.5 Å². The molecule has 0 spiro atoms. The van der Waals surface area contributed by atoms with Crippen molar-refractivity contribution in [2.45, 2.75) is 38.8 Å². The molecule has 0 saturated heterocycles. The van der Waals surface area contributed by atoms with E-state index in [1.165, 1.54) is 31.3 Å². The van der Waals surface area contributed by atoms with Gasteiger partial charge in [0, 0.05) is 31.0 Å². The van der Waals surface area contributed by atoms with Crippen LogP contribution in [0.4, 0.5) is 13.2 Å². The Morgan fingerprint density at radius 1 is 1.12 bits per heavy atom. The van der Waals surface area contributed by atoms with Crippen molar-refractivity contribution in [2.75, 3.05) is 0 Å². The first-order valence-corrected chi connectivity index (χ1v) is 10.3. The van der Waals surface area contributed by atoms with E-state index in [-0.39, 0.29) is 41.4 Å². The second-order valence-corrected chi connectivity index (χ2v) is 7.98. The van der Waals surface area contributed by atoms with Gasteiger partial charge in [-0.1, -0.05) is 30.3 Å². The van der Waals surface area contributed by atoms with Crippen molar-refractivity contribution in [3.63, 3.8) is 0 Å². The highest BCUT2D eigenvalue weighted by atomic mass is 19.4. The van der Waals surface area contributed by atoms with Crippen LogP contribution in [0.15, 0.2) is 59.4 Å². The Bertz CT molecular complexity index is 1340. The Kier molecular flexibility index (Phi) is 5.88. The lowest BCUT2D eigenvalue weighted by Gasteiger charge is -2.11.